The van der Waals surface area contributed by atoms with Crippen molar-refractivity contribution in [3.63, 3.8) is 0 Å². The van der Waals surface area contributed by atoms with Gasteiger partial charge in [0.05, 0.1) is 19.8 Å². The van der Waals surface area contributed by atoms with Crippen molar-refractivity contribution in [3.05, 3.63) is 38.0 Å². The summed E-state index contributed by atoms with van der Waals surface area (Å²) in [5, 5.41) is 50.5. The predicted molar refractivity (Wildman–Crippen MR) is 194 cm³/mol. The number of aliphatic hydroxyl groups excluding tert-OH is 3. The molecule has 9 nitrogen and oxygen atoms in total. The summed E-state index contributed by atoms with van der Waals surface area (Å²) in [5.41, 5.74) is -0.708. The number of allylic oxidation sites excluding steroid dienone is 3. The summed E-state index contributed by atoms with van der Waals surface area (Å²) < 4.78 is 0. The maximum absolute atomic E-state index is 10.2. The van der Waals surface area contributed by atoms with E-state index in [0.29, 0.717) is 19.3 Å². The summed E-state index contributed by atoms with van der Waals surface area (Å²) >= 11 is 0. The van der Waals surface area contributed by atoms with Crippen molar-refractivity contribution in [1.82, 2.24) is 0 Å². The van der Waals surface area contributed by atoms with Crippen LogP contribution in [0.25, 0.3) is 0 Å². The zero-order valence-electron chi connectivity index (χ0n) is 29.9. The Balaban J connectivity index is -0.000000266. The first-order valence-corrected chi connectivity index (χ1v) is 17.8. The molecule has 0 radical (unpaired) electrons. The van der Waals surface area contributed by atoms with E-state index in [1.54, 1.807) is 6.92 Å². The first-order chi connectivity index (χ1) is 22.5. The second-order valence-corrected chi connectivity index (χ2v) is 12.3. The molecule has 0 heterocycles. The van der Waals surface area contributed by atoms with Gasteiger partial charge in [-0.1, -0.05) is 102 Å². The fourth-order valence-corrected chi connectivity index (χ4v) is 3.97. The summed E-state index contributed by atoms with van der Waals surface area (Å²) in [4.78, 5) is 30.5. The van der Waals surface area contributed by atoms with Crippen molar-refractivity contribution < 1.29 is 45.0 Å². The van der Waals surface area contributed by atoms with Gasteiger partial charge in [-0.3, -0.25) is 14.4 Å². The highest BCUT2D eigenvalue weighted by Gasteiger charge is 2.20. The molecule has 278 valence electrons. The third-order valence-electron chi connectivity index (χ3n) is 7.29. The molecule has 0 aliphatic heterocycles. The summed E-state index contributed by atoms with van der Waals surface area (Å²) in [6.45, 7) is 12.0. The molecular formula is C38H72O9. The van der Waals surface area contributed by atoms with Crippen LogP contribution >= 0.6 is 0 Å². The summed E-state index contributed by atoms with van der Waals surface area (Å²) in [7, 11) is 0. The number of hydrogen-bond donors (Lipinski definition) is 6. The lowest BCUT2D eigenvalue weighted by atomic mass is 9.95. The summed E-state index contributed by atoms with van der Waals surface area (Å²) in [6.07, 6.45) is 30.4. The zero-order valence-corrected chi connectivity index (χ0v) is 29.9. The third kappa shape index (κ3) is 56.2. The van der Waals surface area contributed by atoms with Gasteiger partial charge in [0.1, 0.15) is 0 Å². The molecule has 0 spiro atoms. The molecule has 0 rings (SSSR count). The van der Waals surface area contributed by atoms with Gasteiger partial charge in [0.2, 0.25) is 0 Å². The van der Waals surface area contributed by atoms with E-state index < -0.39 is 23.3 Å². The first-order valence-electron chi connectivity index (χ1n) is 17.8. The van der Waals surface area contributed by atoms with E-state index in [4.69, 9.17) is 30.6 Å². The highest BCUT2D eigenvalue weighted by molar-refractivity contribution is 5.67. The smallest absolute Gasteiger partial charge is 0.303 e. The average molecular weight is 673 g/mol. The Kier molecular flexibility index (Phi) is 47.5. The standard InChI is InChI=1S/3C11H20O2.C5H12O3/c3*1-2-3-4-5-6-7-8-9-10-11(12)13;1-5(2-6,3-7)4-8/h3*2H,1,3-10H2,(H,12,13);6-8H,2-4H2,1H3. The van der Waals surface area contributed by atoms with E-state index in [1.165, 1.54) is 77.0 Å². The molecule has 0 saturated carbocycles. The topological polar surface area (TPSA) is 173 Å². The lowest BCUT2D eigenvalue weighted by Gasteiger charge is -2.20. The maximum Gasteiger partial charge on any atom is 0.303 e. The largest absolute Gasteiger partial charge is 0.481 e. The first kappa shape index (κ1) is 51.3. The quantitative estimate of drug-likeness (QED) is 0.0321. The van der Waals surface area contributed by atoms with Crippen molar-refractivity contribution in [3.8, 4) is 0 Å². The van der Waals surface area contributed by atoms with E-state index >= 15 is 0 Å². The second-order valence-electron chi connectivity index (χ2n) is 12.3. The van der Waals surface area contributed by atoms with Gasteiger partial charge in [-0.05, 0) is 57.8 Å². The van der Waals surface area contributed by atoms with Crippen LogP contribution in [0.1, 0.15) is 161 Å². The van der Waals surface area contributed by atoms with Crippen LogP contribution in [0.5, 0.6) is 0 Å². The van der Waals surface area contributed by atoms with Gasteiger partial charge in [0.15, 0.2) is 0 Å². The minimum absolute atomic E-state index is 0.181. The average Bonchev–Trinajstić information content (AvgIpc) is 3.05. The van der Waals surface area contributed by atoms with Crippen LogP contribution < -0.4 is 0 Å². The molecule has 6 N–H and O–H groups in total. The summed E-state index contributed by atoms with van der Waals surface area (Å²) in [5.74, 6) is -2.02. The van der Waals surface area contributed by atoms with Gasteiger partial charge in [-0.2, -0.15) is 0 Å². The Bertz CT molecular complexity index is 629. The van der Waals surface area contributed by atoms with Crippen molar-refractivity contribution >= 4 is 17.9 Å². The zero-order chi connectivity index (χ0) is 36.4. The minimum Gasteiger partial charge on any atom is -0.481 e. The molecule has 47 heavy (non-hydrogen) atoms. The van der Waals surface area contributed by atoms with E-state index in [2.05, 4.69) is 19.7 Å². The molecule has 0 atom stereocenters. The minimum atomic E-state index is -0.708. The number of aliphatic hydroxyl groups is 3. The molecule has 0 aliphatic rings. The van der Waals surface area contributed by atoms with Crippen LogP contribution in [0.15, 0.2) is 38.0 Å². The van der Waals surface area contributed by atoms with Crippen LogP contribution in [0, 0.1) is 5.41 Å². The molecular weight excluding hydrogens is 600 g/mol. The molecule has 0 saturated heterocycles. The van der Waals surface area contributed by atoms with E-state index in [-0.39, 0.29) is 19.8 Å². The number of unbranched alkanes of at least 4 members (excludes halogenated alkanes) is 18. The van der Waals surface area contributed by atoms with Crippen LogP contribution in [0.3, 0.4) is 0 Å². The lowest BCUT2D eigenvalue weighted by Crippen LogP contribution is -2.29. The molecule has 9 heteroatoms. The Hall–Kier alpha value is -2.49. The van der Waals surface area contributed by atoms with Crippen molar-refractivity contribution in [1.29, 1.82) is 0 Å². The fraction of sp³-hybridized carbons (Fsp3) is 0.763. The van der Waals surface area contributed by atoms with Crippen molar-refractivity contribution in [2.45, 2.75) is 161 Å². The predicted octanol–water partition coefficient (Wildman–Crippen LogP) is 9.10. The maximum atomic E-state index is 10.2. The van der Waals surface area contributed by atoms with Crippen LogP contribution in [0.2, 0.25) is 0 Å². The number of aliphatic carboxylic acids is 3. The van der Waals surface area contributed by atoms with Crippen LogP contribution in [-0.4, -0.2) is 68.4 Å². The van der Waals surface area contributed by atoms with Gasteiger partial charge < -0.3 is 30.6 Å². The Morgan fingerprint density at radius 3 is 0.766 bits per heavy atom. The Morgan fingerprint density at radius 2 is 0.617 bits per heavy atom. The number of rotatable bonds is 30. The summed E-state index contributed by atoms with van der Waals surface area (Å²) in [6, 6.07) is 0. The highest BCUT2D eigenvalue weighted by Crippen LogP contribution is 2.12. The van der Waals surface area contributed by atoms with Gasteiger partial charge in [0, 0.05) is 24.7 Å². The highest BCUT2D eigenvalue weighted by atomic mass is 16.4. The van der Waals surface area contributed by atoms with Gasteiger partial charge in [-0.25, -0.2) is 0 Å². The molecule has 0 bridgehead atoms. The molecule has 0 amide bonds. The Labute approximate surface area is 286 Å². The SMILES string of the molecule is C=CCCCCCCCCC(=O)O.C=CCCCCCCCCC(=O)O.C=CCCCCCCCCC(=O)O.CC(CO)(CO)CO. The monoisotopic (exact) mass is 673 g/mol. The third-order valence-corrected chi connectivity index (χ3v) is 7.29. The van der Waals surface area contributed by atoms with E-state index in [1.807, 2.05) is 18.2 Å². The van der Waals surface area contributed by atoms with Crippen LogP contribution in [-0.2, 0) is 14.4 Å². The molecule has 0 aliphatic carbocycles. The fourth-order valence-electron chi connectivity index (χ4n) is 3.97. The van der Waals surface area contributed by atoms with Gasteiger partial charge >= 0.3 is 17.9 Å². The molecule has 0 aromatic heterocycles. The lowest BCUT2D eigenvalue weighted by molar-refractivity contribution is -0.138. The second kappa shape index (κ2) is 43.5. The number of carbonyl (C=O) groups is 3. The molecule has 0 aromatic rings. The van der Waals surface area contributed by atoms with Crippen molar-refractivity contribution in [2.24, 2.45) is 5.41 Å². The van der Waals surface area contributed by atoms with Gasteiger partial charge in [-0.15, -0.1) is 19.7 Å². The number of carboxylic acids is 3. The number of carboxylic acid groups (broad SMARTS) is 3. The molecule has 0 unspecified atom stereocenters. The van der Waals surface area contributed by atoms with Crippen LogP contribution in [0.4, 0.5) is 0 Å². The number of hydrogen-bond acceptors (Lipinski definition) is 6. The normalized spacial score (nSPS) is 10.2. The van der Waals surface area contributed by atoms with Crippen molar-refractivity contribution in [2.75, 3.05) is 19.8 Å². The molecule has 0 aromatic carbocycles. The van der Waals surface area contributed by atoms with E-state index in [0.717, 1.165) is 57.8 Å². The van der Waals surface area contributed by atoms with Gasteiger partial charge in [0.25, 0.3) is 0 Å². The Morgan fingerprint density at radius 1 is 0.426 bits per heavy atom. The van der Waals surface area contributed by atoms with E-state index in [9.17, 15) is 14.4 Å². The molecule has 0 fully saturated rings.